The van der Waals surface area contributed by atoms with E-state index < -0.39 is 10.4 Å². The maximum atomic E-state index is 8.52. The van der Waals surface area contributed by atoms with Crippen LogP contribution in [0.15, 0.2) is 0 Å². The van der Waals surface area contributed by atoms with E-state index in [0.29, 0.717) is 0 Å². The Bertz CT molecular complexity index is 113. The number of nitrogens with one attached hydrogen (secondary N) is 1. The van der Waals surface area contributed by atoms with E-state index in [2.05, 4.69) is 5.32 Å². The molecule has 0 amide bonds. The molecule has 0 saturated carbocycles. The molecule has 0 aromatic heterocycles. The van der Waals surface area contributed by atoms with E-state index in [-0.39, 0.29) is 21.1 Å². The van der Waals surface area contributed by atoms with E-state index in [1.54, 1.807) is 0 Å². The van der Waals surface area contributed by atoms with E-state index >= 15 is 0 Å². The van der Waals surface area contributed by atoms with Crippen molar-refractivity contribution in [3.8, 4) is 0 Å². The Morgan fingerprint density at radius 2 is 1.22 bits per heavy atom. The molecule has 7 heteroatoms. The van der Waals surface area contributed by atoms with E-state index in [9.17, 15) is 0 Å². The quantitative estimate of drug-likeness (QED) is 0.429. The second-order valence-electron chi connectivity index (χ2n) is 0.908. The van der Waals surface area contributed by atoms with Gasteiger partial charge in [0.1, 0.15) is 0 Å². The molecule has 60 valence electrons. The monoisotopic (exact) mass is 336 g/mol. The van der Waals surface area contributed by atoms with Gasteiger partial charge in [-0.05, 0) is 14.1 Å². The third-order valence-corrected chi connectivity index (χ3v) is 0. The van der Waals surface area contributed by atoms with Crippen molar-refractivity contribution in [3.05, 3.63) is 0 Å². The average Bonchev–Trinajstić information content (AvgIpc) is 1.27. The largest absolute Gasteiger partial charge is 2.00 e. The minimum atomic E-state index is -5.17. The second kappa shape index (κ2) is 8.52. The zero-order valence-electron chi connectivity index (χ0n) is 4.86. The standard InChI is InChI=1S/C2H7N.H2O4S.Pt/c1-3-2;1-5(2,3)4;/h3H,1-2H3;(H2,1,2,3,4);/q;;+2/p-2. The molecule has 0 aromatic rings. The topological polar surface area (TPSA) is 92.3 Å². The van der Waals surface area contributed by atoms with Crippen LogP contribution < -0.4 is 5.32 Å². The molecule has 1 N–H and O–H groups in total. The van der Waals surface area contributed by atoms with Crippen LogP contribution in [-0.4, -0.2) is 31.6 Å². The Kier molecular flexibility index (Phi) is 15.4. The average molecular weight is 336 g/mol. The van der Waals surface area contributed by atoms with Crippen LogP contribution in [0.3, 0.4) is 0 Å². The molecule has 0 aliphatic carbocycles. The molecule has 0 aliphatic heterocycles. The Morgan fingerprint density at radius 3 is 1.22 bits per heavy atom. The van der Waals surface area contributed by atoms with Gasteiger partial charge < -0.3 is 14.4 Å². The molecule has 0 bridgehead atoms. The van der Waals surface area contributed by atoms with Crippen LogP contribution in [0.1, 0.15) is 0 Å². The summed E-state index contributed by atoms with van der Waals surface area (Å²) in [6.45, 7) is 0. The number of hydrogen-bond acceptors (Lipinski definition) is 5. The molecule has 0 rings (SSSR count). The van der Waals surface area contributed by atoms with Gasteiger partial charge in [-0.1, -0.05) is 0 Å². The Morgan fingerprint density at radius 1 is 1.22 bits per heavy atom. The molecule has 0 unspecified atom stereocenters. The third-order valence-electron chi connectivity index (χ3n) is 0. The summed E-state index contributed by atoms with van der Waals surface area (Å²) in [5.41, 5.74) is 0. The smallest absolute Gasteiger partial charge is 0.759 e. The van der Waals surface area contributed by atoms with Crippen molar-refractivity contribution < 1.29 is 38.6 Å². The molecular weight excluding hydrogens is 329 g/mol. The normalized spacial score (nSPS) is 8.44. The van der Waals surface area contributed by atoms with Crippen molar-refractivity contribution >= 4 is 10.4 Å². The summed E-state index contributed by atoms with van der Waals surface area (Å²) in [5.74, 6) is 0. The fourth-order valence-corrected chi connectivity index (χ4v) is 0. The van der Waals surface area contributed by atoms with Crippen molar-refractivity contribution in [2.45, 2.75) is 0 Å². The van der Waals surface area contributed by atoms with Crippen molar-refractivity contribution in [2.75, 3.05) is 14.1 Å². The first-order chi connectivity index (χ1) is 3.41. The molecule has 9 heavy (non-hydrogen) atoms. The maximum absolute atomic E-state index is 8.52. The van der Waals surface area contributed by atoms with Gasteiger partial charge in [0.25, 0.3) is 0 Å². The van der Waals surface area contributed by atoms with Crippen LogP contribution in [0.2, 0.25) is 0 Å². The summed E-state index contributed by atoms with van der Waals surface area (Å²) in [7, 11) is -1.42. The van der Waals surface area contributed by atoms with Crippen LogP contribution in [0.5, 0.6) is 0 Å². The minimum Gasteiger partial charge on any atom is -0.759 e. The van der Waals surface area contributed by atoms with Crippen molar-refractivity contribution in [3.63, 3.8) is 0 Å². The van der Waals surface area contributed by atoms with E-state index in [4.69, 9.17) is 17.5 Å². The molecule has 0 fully saturated rings. The molecule has 5 nitrogen and oxygen atoms in total. The molecular formula is C2H7NO4PtS. The van der Waals surface area contributed by atoms with Crippen LogP contribution >= 0.6 is 0 Å². The van der Waals surface area contributed by atoms with Crippen LogP contribution in [0, 0.1) is 0 Å². The molecule has 0 radical (unpaired) electrons. The maximum Gasteiger partial charge on any atom is 2.00 e. The Hall–Kier alpha value is 0.518. The van der Waals surface area contributed by atoms with Crippen LogP contribution in [0.25, 0.3) is 0 Å². The summed E-state index contributed by atoms with van der Waals surface area (Å²) >= 11 is 0. The van der Waals surface area contributed by atoms with Gasteiger partial charge in [0, 0.05) is 10.4 Å². The first-order valence-electron chi connectivity index (χ1n) is 1.67. The summed E-state index contributed by atoms with van der Waals surface area (Å²) in [5, 5.41) is 2.75. The third kappa shape index (κ3) is 1350. The minimum absolute atomic E-state index is 0. The summed E-state index contributed by atoms with van der Waals surface area (Å²) in [6.07, 6.45) is 0. The zero-order valence-corrected chi connectivity index (χ0v) is 7.95. The first-order valence-corrected chi connectivity index (χ1v) is 3.00. The predicted molar refractivity (Wildman–Crippen MR) is 25.5 cm³/mol. The summed E-state index contributed by atoms with van der Waals surface area (Å²) in [6, 6.07) is 0. The molecule has 0 saturated heterocycles. The van der Waals surface area contributed by atoms with E-state index in [0.717, 1.165) is 0 Å². The number of hydrogen-bond donors (Lipinski definition) is 1. The van der Waals surface area contributed by atoms with Gasteiger partial charge in [-0.25, -0.2) is 0 Å². The van der Waals surface area contributed by atoms with Crippen LogP contribution in [-0.2, 0) is 31.5 Å². The molecule has 0 heterocycles. The fraction of sp³-hybridized carbons (Fsp3) is 1.00. The fourth-order valence-electron chi connectivity index (χ4n) is 0. The molecule has 0 atom stereocenters. The van der Waals surface area contributed by atoms with Crippen molar-refractivity contribution in [2.24, 2.45) is 0 Å². The van der Waals surface area contributed by atoms with Crippen molar-refractivity contribution in [1.82, 2.24) is 5.32 Å². The van der Waals surface area contributed by atoms with Gasteiger partial charge in [0.05, 0.1) is 0 Å². The molecule has 0 aromatic carbocycles. The number of rotatable bonds is 0. The van der Waals surface area contributed by atoms with Gasteiger partial charge in [0.2, 0.25) is 0 Å². The van der Waals surface area contributed by atoms with Crippen molar-refractivity contribution in [1.29, 1.82) is 0 Å². The molecule has 0 aliphatic rings. The van der Waals surface area contributed by atoms with Gasteiger partial charge in [-0.2, -0.15) is 0 Å². The summed E-state index contributed by atoms with van der Waals surface area (Å²) < 4.78 is 34.1. The second-order valence-corrected chi connectivity index (χ2v) is 1.72. The van der Waals surface area contributed by atoms with Gasteiger partial charge in [-0.3, -0.25) is 8.42 Å². The van der Waals surface area contributed by atoms with Gasteiger partial charge in [0.15, 0.2) is 0 Å². The molecule has 0 spiro atoms. The zero-order chi connectivity index (χ0) is 7.21. The van der Waals surface area contributed by atoms with Gasteiger partial charge in [-0.15, -0.1) is 0 Å². The Balaban J connectivity index is -0.0000000800. The first kappa shape index (κ1) is 16.3. The van der Waals surface area contributed by atoms with Crippen LogP contribution in [0.4, 0.5) is 0 Å². The summed E-state index contributed by atoms with van der Waals surface area (Å²) in [4.78, 5) is 0. The SMILES string of the molecule is CNC.O=S(=O)([O-])[O-].[Pt+2]. The Labute approximate surface area is 68.7 Å². The van der Waals surface area contributed by atoms with Gasteiger partial charge >= 0.3 is 21.1 Å². The van der Waals surface area contributed by atoms with E-state index in [1.807, 2.05) is 14.1 Å². The predicted octanol–water partition coefficient (Wildman–Crippen LogP) is -1.50. The van der Waals surface area contributed by atoms with E-state index in [1.165, 1.54) is 0 Å².